The largest absolute Gasteiger partial charge is 0.379 e. The zero-order valence-electron chi connectivity index (χ0n) is 17.9. The van der Waals surface area contributed by atoms with Crippen molar-refractivity contribution in [3.8, 4) is 0 Å². The van der Waals surface area contributed by atoms with Gasteiger partial charge in [-0.3, -0.25) is 9.89 Å². The molecule has 162 valence electrons. The van der Waals surface area contributed by atoms with E-state index in [4.69, 9.17) is 9.73 Å². The Morgan fingerprint density at radius 3 is 2.64 bits per heavy atom. The third kappa shape index (κ3) is 9.37. The summed E-state index contributed by atoms with van der Waals surface area (Å²) in [5, 5.41) is 8.04. The maximum Gasteiger partial charge on any atom is 0.191 e. The molecule has 1 fully saturated rings. The highest BCUT2D eigenvalue weighted by molar-refractivity contribution is 14.0. The minimum atomic E-state index is 0. The number of hydrogen-bond donors (Lipinski definition) is 2. The number of ether oxygens (including phenoxy) is 1. The molecule has 0 radical (unpaired) electrons. The minimum Gasteiger partial charge on any atom is -0.379 e. The highest BCUT2D eigenvalue weighted by Gasteiger charge is 2.21. The second-order valence-electron chi connectivity index (χ2n) is 7.40. The molecule has 1 atom stereocenters. The predicted octanol–water partition coefficient (Wildman–Crippen LogP) is 3.17. The van der Waals surface area contributed by atoms with Crippen LogP contribution in [0, 0.1) is 5.92 Å². The van der Waals surface area contributed by atoms with Crippen LogP contribution < -0.4 is 10.6 Å². The Bertz CT molecular complexity index is 561. The first-order valence-electron chi connectivity index (χ1n) is 10.4. The lowest BCUT2D eigenvalue weighted by molar-refractivity contribution is 0.0143. The van der Waals surface area contributed by atoms with Crippen LogP contribution in [0.25, 0.3) is 0 Å². The van der Waals surface area contributed by atoms with Crippen LogP contribution in [0.4, 0.5) is 0 Å². The van der Waals surface area contributed by atoms with Gasteiger partial charge in [0.2, 0.25) is 0 Å². The third-order valence-electron chi connectivity index (χ3n) is 4.69. The van der Waals surface area contributed by atoms with Gasteiger partial charge in [-0.2, -0.15) is 0 Å². The second kappa shape index (κ2) is 14.5. The van der Waals surface area contributed by atoms with Crippen molar-refractivity contribution >= 4 is 41.3 Å². The Kier molecular flexibility index (Phi) is 13.3. The molecule has 2 heterocycles. The van der Waals surface area contributed by atoms with E-state index in [2.05, 4.69) is 48.2 Å². The first kappa shape index (κ1) is 25.6. The maximum atomic E-state index is 5.52. The van der Waals surface area contributed by atoms with E-state index in [1.807, 2.05) is 17.5 Å². The molecule has 0 aromatic carbocycles. The van der Waals surface area contributed by atoms with Crippen molar-refractivity contribution < 1.29 is 4.74 Å². The smallest absolute Gasteiger partial charge is 0.191 e. The van der Waals surface area contributed by atoms with E-state index in [1.165, 1.54) is 16.3 Å². The molecule has 1 aliphatic heterocycles. The van der Waals surface area contributed by atoms with Crippen LogP contribution in [0.15, 0.2) is 11.2 Å². The summed E-state index contributed by atoms with van der Waals surface area (Å²) in [6.07, 6.45) is 5.17. The van der Waals surface area contributed by atoms with E-state index in [0.717, 1.165) is 64.7 Å². The first-order valence-corrected chi connectivity index (χ1v) is 11.2. The molecule has 2 rings (SSSR count). The van der Waals surface area contributed by atoms with Crippen molar-refractivity contribution in [2.24, 2.45) is 10.9 Å². The molecule has 1 aromatic heterocycles. The van der Waals surface area contributed by atoms with Gasteiger partial charge in [0.05, 0.1) is 24.8 Å². The summed E-state index contributed by atoms with van der Waals surface area (Å²) in [5.74, 6) is 1.58. The molecule has 6 nitrogen and oxygen atoms in total. The van der Waals surface area contributed by atoms with Gasteiger partial charge in [0.1, 0.15) is 0 Å². The van der Waals surface area contributed by atoms with E-state index >= 15 is 0 Å². The minimum absolute atomic E-state index is 0. The monoisotopic (exact) mass is 523 g/mol. The molecule has 0 amide bonds. The lowest BCUT2D eigenvalue weighted by Crippen LogP contribution is -2.46. The molecular weight excluding hydrogens is 485 g/mol. The van der Waals surface area contributed by atoms with E-state index < -0.39 is 0 Å². The molecule has 8 heteroatoms. The van der Waals surface area contributed by atoms with Crippen LogP contribution in [0.5, 0.6) is 0 Å². The van der Waals surface area contributed by atoms with Gasteiger partial charge in [0, 0.05) is 49.7 Å². The molecule has 1 aliphatic rings. The quantitative estimate of drug-likeness (QED) is 0.280. The molecule has 0 bridgehead atoms. The number of aromatic nitrogens is 1. The van der Waals surface area contributed by atoms with Crippen LogP contribution >= 0.6 is 35.3 Å². The van der Waals surface area contributed by atoms with Gasteiger partial charge in [0.25, 0.3) is 0 Å². The van der Waals surface area contributed by atoms with E-state index in [1.54, 1.807) is 0 Å². The summed E-state index contributed by atoms with van der Waals surface area (Å²) < 4.78 is 5.52. The molecular formula is C20H38IN5OS. The van der Waals surface area contributed by atoms with Crippen LogP contribution in [0.3, 0.4) is 0 Å². The fourth-order valence-electron chi connectivity index (χ4n) is 3.28. The maximum absolute atomic E-state index is 5.52. The number of halogens is 1. The third-order valence-corrected chi connectivity index (χ3v) is 5.89. The topological polar surface area (TPSA) is 61.8 Å². The second-order valence-corrected chi connectivity index (χ2v) is 8.60. The summed E-state index contributed by atoms with van der Waals surface area (Å²) in [5.41, 5.74) is 0. The Labute approximate surface area is 192 Å². The number of guanidine groups is 1. The van der Waals surface area contributed by atoms with Crippen LogP contribution in [0.2, 0.25) is 0 Å². The zero-order chi connectivity index (χ0) is 19.5. The Balaban J connectivity index is 0.00000392. The van der Waals surface area contributed by atoms with E-state index in [-0.39, 0.29) is 24.0 Å². The molecule has 0 aliphatic carbocycles. The zero-order valence-corrected chi connectivity index (χ0v) is 21.0. The van der Waals surface area contributed by atoms with Gasteiger partial charge in [-0.1, -0.05) is 20.8 Å². The molecule has 28 heavy (non-hydrogen) atoms. The van der Waals surface area contributed by atoms with Crippen molar-refractivity contribution in [2.45, 2.75) is 53.0 Å². The van der Waals surface area contributed by atoms with Gasteiger partial charge in [-0.25, -0.2) is 4.98 Å². The Morgan fingerprint density at radius 2 is 2.04 bits per heavy atom. The fourth-order valence-corrected chi connectivity index (χ4v) is 4.14. The lowest BCUT2D eigenvalue weighted by Gasteiger charge is -2.34. The number of rotatable bonds is 10. The van der Waals surface area contributed by atoms with Crippen LogP contribution in [-0.2, 0) is 17.6 Å². The lowest BCUT2D eigenvalue weighted by atomic mass is 10.0. The average molecular weight is 524 g/mol. The summed E-state index contributed by atoms with van der Waals surface area (Å²) >= 11 is 1.81. The van der Waals surface area contributed by atoms with E-state index in [0.29, 0.717) is 12.0 Å². The number of hydrogen-bond acceptors (Lipinski definition) is 5. The highest BCUT2D eigenvalue weighted by atomic mass is 127. The Morgan fingerprint density at radius 1 is 1.29 bits per heavy atom. The summed E-state index contributed by atoms with van der Waals surface area (Å²) in [7, 11) is 0. The normalized spacial score (nSPS) is 16.7. The number of morpholine rings is 1. The Hall–Kier alpha value is -0.450. The molecule has 1 aromatic rings. The number of thiazole rings is 1. The van der Waals surface area contributed by atoms with Gasteiger partial charge in [0.15, 0.2) is 5.96 Å². The van der Waals surface area contributed by atoms with Crippen molar-refractivity contribution in [2.75, 3.05) is 45.9 Å². The fraction of sp³-hybridized carbons (Fsp3) is 0.800. The first-order chi connectivity index (χ1) is 13.1. The summed E-state index contributed by atoms with van der Waals surface area (Å²) in [6, 6.07) is 0.482. The molecule has 2 N–H and O–H groups in total. The predicted molar refractivity (Wildman–Crippen MR) is 130 cm³/mol. The van der Waals surface area contributed by atoms with Gasteiger partial charge >= 0.3 is 0 Å². The SMILES string of the molecule is CCNC(=NCC(CC(C)C)N1CCOCC1)NCCc1ncc(CC)s1.I. The number of aliphatic imine (C=N–C) groups is 1. The van der Waals surface area contributed by atoms with Gasteiger partial charge in [-0.15, -0.1) is 35.3 Å². The van der Waals surface area contributed by atoms with Crippen molar-refractivity contribution in [3.63, 3.8) is 0 Å². The summed E-state index contributed by atoms with van der Waals surface area (Å²) in [6.45, 7) is 15.1. The number of nitrogens with zero attached hydrogens (tertiary/aromatic N) is 3. The number of aryl methyl sites for hydroxylation is 1. The molecule has 1 unspecified atom stereocenters. The standard InChI is InChI=1S/C20H37N5OS.HI/c1-5-18-15-23-19(27-18)7-8-22-20(21-6-2)24-14-17(13-16(3)4)25-9-11-26-12-10-25;/h15-17H,5-14H2,1-4H3,(H2,21,22,24);1H. The van der Waals surface area contributed by atoms with Gasteiger partial charge < -0.3 is 15.4 Å². The molecule has 0 spiro atoms. The summed E-state index contributed by atoms with van der Waals surface area (Å²) in [4.78, 5) is 13.3. The molecule has 1 saturated heterocycles. The van der Waals surface area contributed by atoms with Crippen LogP contribution in [0.1, 0.15) is 44.0 Å². The van der Waals surface area contributed by atoms with Crippen LogP contribution in [-0.4, -0.2) is 67.8 Å². The number of nitrogens with one attached hydrogen (secondary N) is 2. The van der Waals surface area contributed by atoms with Gasteiger partial charge in [-0.05, 0) is 25.7 Å². The molecule has 0 saturated carbocycles. The van der Waals surface area contributed by atoms with Crippen molar-refractivity contribution in [1.29, 1.82) is 0 Å². The average Bonchev–Trinajstić information content (AvgIpc) is 3.13. The van der Waals surface area contributed by atoms with Crippen molar-refractivity contribution in [1.82, 2.24) is 20.5 Å². The van der Waals surface area contributed by atoms with Crippen molar-refractivity contribution in [3.05, 3.63) is 16.1 Å². The highest BCUT2D eigenvalue weighted by Crippen LogP contribution is 2.14. The van der Waals surface area contributed by atoms with E-state index in [9.17, 15) is 0 Å².